The van der Waals surface area contributed by atoms with Crippen molar-refractivity contribution in [3.8, 4) is 0 Å². The molecule has 7 heteroatoms. The highest BCUT2D eigenvalue weighted by atomic mass is 32.2. The van der Waals surface area contributed by atoms with Crippen LogP contribution in [0.5, 0.6) is 0 Å². The monoisotopic (exact) mass is 404 g/mol. The molecule has 0 bridgehead atoms. The number of hydrogen-bond donors (Lipinski definition) is 1. The molecule has 0 aliphatic heterocycles. The number of benzene rings is 2. The summed E-state index contributed by atoms with van der Waals surface area (Å²) in [6.07, 6.45) is 2.53. The smallest absolute Gasteiger partial charge is 0.254 e. The third-order valence-electron chi connectivity index (χ3n) is 4.87. The first kappa shape index (κ1) is 20.5. The van der Waals surface area contributed by atoms with Crippen LogP contribution in [0.4, 0.5) is 4.39 Å². The summed E-state index contributed by atoms with van der Waals surface area (Å²) in [6.45, 7) is 4.03. The molecule has 1 amide bonds. The van der Waals surface area contributed by atoms with Crippen molar-refractivity contribution in [2.45, 2.75) is 56.6 Å². The molecule has 3 rings (SSSR count). The molecule has 0 radical (unpaired) electrons. The van der Waals surface area contributed by atoms with Gasteiger partial charge in [-0.25, -0.2) is 17.5 Å². The number of hydrogen-bond acceptors (Lipinski definition) is 3. The Balaban J connectivity index is 1.77. The molecule has 5 nitrogen and oxygen atoms in total. The first-order valence-corrected chi connectivity index (χ1v) is 11.0. The van der Waals surface area contributed by atoms with E-state index in [9.17, 15) is 17.6 Å². The van der Waals surface area contributed by atoms with Gasteiger partial charge in [-0.3, -0.25) is 4.79 Å². The molecular formula is C21H25FN2O3S. The van der Waals surface area contributed by atoms with Crippen molar-refractivity contribution in [2.75, 3.05) is 0 Å². The van der Waals surface area contributed by atoms with Crippen LogP contribution in [0.25, 0.3) is 0 Å². The van der Waals surface area contributed by atoms with Gasteiger partial charge in [0.2, 0.25) is 10.0 Å². The minimum atomic E-state index is -3.61. The number of nitrogens with one attached hydrogen (secondary N) is 1. The Bertz CT molecular complexity index is 940. The summed E-state index contributed by atoms with van der Waals surface area (Å²) in [4.78, 5) is 14.8. The van der Waals surface area contributed by atoms with E-state index < -0.39 is 10.0 Å². The molecule has 2 aromatic rings. The number of amides is 1. The van der Waals surface area contributed by atoms with Crippen molar-refractivity contribution in [1.29, 1.82) is 0 Å². The van der Waals surface area contributed by atoms with Crippen LogP contribution in [-0.4, -0.2) is 31.3 Å². The van der Waals surface area contributed by atoms with Gasteiger partial charge in [-0.2, -0.15) is 0 Å². The summed E-state index contributed by atoms with van der Waals surface area (Å²) in [5, 5.41) is 0. The average Bonchev–Trinajstić information content (AvgIpc) is 3.50. The summed E-state index contributed by atoms with van der Waals surface area (Å²) in [6, 6.07) is 12.2. The topological polar surface area (TPSA) is 66.5 Å². The average molecular weight is 405 g/mol. The quantitative estimate of drug-likeness (QED) is 0.729. The summed E-state index contributed by atoms with van der Waals surface area (Å²) >= 11 is 0. The van der Waals surface area contributed by atoms with Crippen LogP contribution < -0.4 is 4.72 Å². The highest BCUT2D eigenvalue weighted by molar-refractivity contribution is 7.89. The molecule has 1 unspecified atom stereocenters. The Kier molecular flexibility index (Phi) is 6.15. The maximum atomic E-state index is 13.5. The van der Waals surface area contributed by atoms with Crippen LogP contribution in [0.1, 0.15) is 49.0 Å². The molecule has 1 aliphatic carbocycles. The molecule has 0 heterocycles. The second-order valence-electron chi connectivity index (χ2n) is 7.25. The minimum absolute atomic E-state index is 0.132. The first-order valence-electron chi connectivity index (χ1n) is 9.48. The summed E-state index contributed by atoms with van der Waals surface area (Å²) in [5.41, 5.74) is 1.16. The van der Waals surface area contributed by atoms with Crippen LogP contribution in [0.2, 0.25) is 0 Å². The normalized spacial score (nSPS) is 15.2. The lowest BCUT2D eigenvalue weighted by atomic mass is 10.1. The van der Waals surface area contributed by atoms with E-state index in [0.717, 1.165) is 18.4 Å². The number of nitrogens with zero attached hydrogens (tertiary/aromatic N) is 1. The zero-order chi connectivity index (χ0) is 20.3. The highest BCUT2D eigenvalue weighted by Gasteiger charge is 2.33. The Morgan fingerprint density at radius 1 is 1.21 bits per heavy atom. The van der Waals surface area contributed by atoms with E-state index in [1.807, 2.05) is 6.92 Å². The fraction of sp³-hybridized carbons (Fsp3) is 0.381. The predicted octanol–water partition coefficient (Wildman–Crippen LogP) is 3.71. The van der Waals surface area contributed by atoms with Crippen LogP contribution in [0.3, 0.4) is 0 Å². The van der Waals surface area contributed by atoms with E-state index in [4.69, 9.17) is 0 Å². The predicted molar refractivity (Wildman–Crippen MR) is 106 cm³/mol. The van der Waals surface area contributed by atoms with E-state index in [1.165, 1.54) is 36.4 Å². The van der Waals surface area contributed by atoms with Gasteiger partial charge in [-0.15, -0.1) is 0 Å². The number of carbonyl (C=O) groups excluding carboxylic acids is 1. The van der Waals surface area contributed by atoms with Crippen LogP contribution in [0.15, 0.2) is 53.4 Å². The van der Waals surface area contributed by atoms with E-state index in [2.05, 4.69) is 4.72 Å². The molecule has 2 aromatic carbocycles. The fourth-order valence-electron chi connectivity index (χ4n) is 2.94. The number of sulfonamides is 1. The first-order chi connectivity index (χ1) is 13.3. The second kappa shape index (κ2) is 8.41. The van der Waals surface area contributed by atoms with Crippen molar-refractivity contribution in [2.24, 2.45) is 0 Å². The van der Waals surface area contributed by atoms with Crippen molar-refractivity contribution in [1.82, 2.24) is 9.62 Å². The number of carbonyl (C=O) groups is 1. The molecule has 1 fully saturated rings. The molecule has 150 valence electrons. The zero-order valence-corrected chi connectivity index (χ0v) is 16.9. The van der Waals surface area contributed by atoms with Crippen molar-refractivity contribution < 1.29 is 17.6 Å². The largest absolute Gasteiger partial charge is 0.331 e. The number of halogens is 1. The van der Waals surface area contributed by atoms with E-state index in [1.54, 1.807) is 24.0 Å². The maximum absolute atomic E-state index is 13.5. The Morgan fingerprint density at radius 2 is 1.89 bits per heavy atom. The van der Waals surface area contributed by atoms with Gasteiger partial charge in [-0.1, -0.05) is 19.1 Å². The Labute approximate surface area is 165 Å². The third-order valence-corrected chi connectivity index (χ3v) is 6.48. The number of rotatable bonds is 8. The van der Waals surface area contributed by atoms with Crippen molar-refractivity contribution in [3.05, 3.63) is 65.5 Å². The molecule has 0 saturated heterocycles. The standard InChI is InChI=1S/C21H25FN2O3S/c1-3-15(2)23-28(26,27)20-11-7-17(8-12-20)21(25)24(19-9-10-19)14-16-5-4-6-18(22)13-16/h4-8,11-13,15,19,23H,3,9-10,14H2,1-2H3. The second-order valence-corrected chi connectivity index (χ2v) is 8.96. The van der Waals surface area contributed by atoms with Crippen molar-refractivity contribution >= 4 is 15.9 Å². The summed E-state index contributed by atoms with van der Waals surface area (Å²) in [7, 11) is -3.61. The van der Waals surface area contributed by atoms with E-state index in [-0.39, 0.29) is 28.7 Å². The van der Waals surface area contributed by atoms with E-state index >= 15 is 0 Å². The van der Waals surface area contributed by atoms with Gasteiger partial charge in [0, 0.05) is 24.2 Å². The minimum Gasteiger partial charge on any atom is -0.331 e. The highest BCUT2D eigenvalue weighted by Crippen LogP contribution is 2.30. The Hall–Kier alpha value is -2.25. The molecule has 28 heavy (non-hydrogen) atoms. The molecular weight excluding hydrogens is 379 g/mol. The van der Waals surface area contributed by atoms with Gasteiger partial charge in [-0.05, 0) is 68.1 Å². The molecule has 1 aliphatic rings. The van der Waals surface area contributed by atoms with Gasteiger partial charge in [0.25, 0.3) is 5.91 Å². The van der Waals surface area contributed by atoms with Gasteiger partial charge >= 0.3 is 0 Å². The fourth-order valence-corrected chi connectivity index (χ4v) is 4.27. The summed E-state index contributed by atoms with van der Waals surface area (Å²) < 4.78 is 40.8. The van der Waals surface area contributed by atoms with Crippen LogP contribution in [-0.2, 0) is 16.6 Å². The van der Waals surface area contributed by atoms with Crippen LogP contribution >= 0.6 is 0 Å². The SMILES string of the molecule is CCC(C)NS(=O)(=O)c1ccc(C(=O)N(Cc2cccc(F)c2)C2CC2)cc1. The summed E-state index contributed by atoms with van der Waals surface area (Å²) in [5.74, 6) is -0.505. The lowest BCUT2D eigenvalue weighted by Crippen LogP contribution is -2.33. The van der Waals surface area contributed by atoms with Gasteiger partial charge in [0.1, 0.15) is 5.82 Å². The molecule has 1 atom stereocenters. The maximum Gasteiger partial charge on any atom is 0.254 e. The Morgan fingerprint density at radius 3 is 2.46 bits per heavy atom. The lowest BCUT2D eigenvalue weighted by molar-refractivity contribution is 0.0729. The molecule has 0 aromatic heterocycles. The third kappa shape index (κ3) is 4.97. The molecule has 0 spiro atoms. The van der Waals surface area contributed by atoms with Gasteiger partial charge in [0.15, 0.2) is 0 Å². The van der Waals surface area contributed by atoms with Gasteiger partial charge < -0.3 is 4.90 Å². The van der Waals surface area contributed by atoms with E-state index in [0.29, 0.717) is 18.5 Å². The molecule has 1 N–H and O–H groups in total. The molecule has 1 saturated carbocycles. The van der Waals surface area contributed by atoms with Crippen molar-refractivity contribution in [3.63, 3.8) is 0 Å². The van der Waals surface area contributed by atoms with Crippen LogP contribution in [0, 0.1) is 5.82 Å². The zero-order valence-electron chi connectivity index (χ0n) is 16.1. The van der Waals surface area contributed by atoms with Gasteiger partial charge in [0.05, 0.1) is 4.90 Å². The lowest BCUT2D eigenvalue weighted by Gasteiger charge is -2.23.